The lowest BCUT2D eigenvalue weighted by Crippen LogP contribution is -2.06. The normalized spacial score (nSPS) is 12.4. The summed E-state index contributed by atoms with van der Waals surface area (Å²) in [7, 11) is 0. The van der Waals surface area contributed by atoms with Crippen molar-refractivity contribution in [1.29, 1.82) is 0 Å². The molecule has 19 heavy (non-hydrogen) atoms. The number of benzene rings is 2. The Kier molecular flexibility index (Phi) is 5.32. The number of rotatable bonds is 4. The predicted octanol–water partition coefficient (Wildman–Crippen LogP) is 6.02. The molecular weight excluding hydrogens is 343 g/mol. The minimum Gasteiger partial charge on any atom is -0.0921 e. The topological polar surface area (TPSA) is 0 Å². The van der Waals surface area contributed by atoms with E-state index >= 15 is 0 Å². The lowest BCUT2D eigenvalue weighted by atomic mass is 9.91. The molecule has 0 nitrogen and oxygen atoms in total. The molecule has 0 radical (unpaired) electrons. The van der Waals surface area contributed by atoms with E-state index in [2.05, 4.69) is 47.1 Å². The smallest absolute Gasteiger partial charge is 0.0439 e. The maximum atomic E-state index is 6.25. The fourth-order valence-corrected chi connectivity index (χ4v) is 3.22. The first-order chi connectivity index (χ1) is 9.11. The van der Waals surface area contributed by atoms with E-state index < -0.39 is 0 Å². The molecule has 1 atom stereocenters. The highest BCUT2D eigenvalue weighted by molar-refractivity contribution is 9.09. The van der Waals surface area contributed by atoms with Gasteiger partial charge in [0.15, 0.2) is 0 Å². The number of alkyl halides is 1. The van der Waals surface area contributed by atoms with E-state index in [1.54, 1.807) is 0 Å². The summed E-state index contributed by atoms with van der Waals surface area (Å²) in [6.45, 7) is 2.14. The Labute approximate surface area is 132 Å². The number of hydrogen-bond acceptors (Lipinski definition) is 0. The first-order valence-corrected chi connectivity index (χ1v) is 8.05. The average Bonchev–Trinajstić information content (AvgIpc) is 2.41. The average molecular weight is 358 g/mol. The molecule has 0 heterocycles. The molecule has 0 saturated carbocycles. The molecule has 0 aromatic heterocycles. The molecule has 2 aromatic carbocycles. The van der Waals surface area contributed by atoms with Crippen molar-refractivity contribution in [2.75, 3.05) is 5.33 Å². The Morgan fingerprint density at radius 3 is 2.53 bits per heavy atom. The summed E-state index contributed by atoms with van der Waals surface area (Å²) < 4.78 is 0. The molecule has 0 fully saturated rings. The second-order valence-electron chi connectivity index (χ2n) is 4.65. The molecule has 0 amide bonds. The monoisotopic (exact) mass is 356 g/mol. The molecule has 0 bridgehead atoms. The molecule has 0 aliphatic carbocycles. The van der Waals surface area contributed by atoms with Gasteiger partial charge in [-0.1, -0.05) is 63.4 Å². The van der Waals surface area contributed by atoms with Crippen LogP contribution in [0.5, 0.6) is 0 Å². The van der Waals surface area contributed by atoms with Crippen LogP contribution in [0.25, 0.3) is 0 Å². The van der Waals surface area contributed by atoms with E-state index in [1.807, 2.05) is 18.2 Å². The van der Waals surface area contributed by atoms with Crippen molar-refractivity contribution < 1.29 is 0 Å². The minimum absolute atomic E-state index is 0.400. The van der Waals surface area contributed by atoms with Crippen LogP contribution in [0.3, 0.4) is 0 Å². The molecule has 1 unspecified atom stereocenters. The van der Waals surface area contributed by atoms with Crippen molar-refractivity contribution in [3.63, 3.8) is 0 Å². The van der Waals surface area contributed by atoms with Crippen molar-refractivity contribution in [3.05, 3.63) is 69.2 Å². The van der Waals surface area contributed by atoms with Crippen LogP contribution in [0.1, 0.15) is 22.6 Å². The highest BCUT2D eigenvalue weighted by atomic mass is 79.9. The zero-order chi connectivity index (χ0) is 13.8. The van der Waals surface area contributed by atoms with Gasteiger partial charge in [-0.2, -0.15) is 0 Å². The molecule has 2 aromatic rings. The molecule has 0 aliphatic rings. The summed E-state index contributed by atoms with van der Waals surface area (Å²) in [5.74, 6) is 0.400. The summed E-state index contributed by atoms with van der Waals surface area (Å²) in [6, 6.07) is 14.1. The third kappa shape index (κ3) is 3.75. The van der Waals surface area contributed by atoms with Crippen LogP contribution in [0, 0.1) is 6.92 Å². The third-order valence-corrected chi connectivity index (χ3v) is 4.67. The van der Waals surface area contributed by atoms with Gasteiger partial charge in [-0.15, -0.1) is 0 Å². The maximum absolute atomic E-state index is 6.25. The summed E-state index contributed by atoms with van der Waals surface area (Å²) in [6.07, 6.45) is 0.884. The molecule has 0 aliphatic heterocycles. The highest BCUT2D eigenvalue weighted by Crippen LogP contribution is 2.30. The Morgan fingerprint density at radius 1 is 1.11 bits per heavy atom. The van der Waals surface area contributed by atoms with Gasteiger partial charge in [0.25, 0.3) is 0 Å². The SMILES string of the molecule is Cc1ccccc1C(CBr)Cc1cc(Cl)ccc1Cl. The minimum atomic E-state index is 0.400. The van der Waals surface area contributed by atoms with Gasteiger partial charge in [-0.3, -0.25) is 0 Å². The van der Waals surface area contributed by atoms with E-state index in [0.717, 1.165) is 27.4 Å². The van der Waals surface area contributed by atoms with E-state index in [0.29, 0.717) is 5.92 Å². The molecular formula is C16H15BrCl2. The second kappa shape index (κ2) is 6.78. The first kappa shape index (κ1) is 14.9. The number of aryl methyl sites for hydroxylation is 1. The zero-order valence-electron chi connectivity index (χ0n) is 10.7. The lowest BCUT2D eigenvalue weighted by Gasteiger charge is -2.18. The molecule has 0 saturated heterocycles. The van der Waals surface area contributed by atoms with Gasteiger partial charge in [-0.25, -0.2) is 0 Å². The number of halogens is 3. The van der Waals surface area contributed by atoms with Gasteiger partial charge in [0.1, 0.15) is 0 Å². The van der Waals surface area contributed by atoms with Crippen molar-refractivity contribution in [2.45, 2.75) is 19.3 Å². The van der Waals surface area contributed by atoms with Crippen molar-refractivity contribution in [3.8, 4) is 0 Å². The Hall–Kier alpha value is -0.500. The van der Waals surface area contributed by atoms with Crippen LogP contribution in [0.15, 0.2) is 42.5 Å². The Morgan fingerprint density at radius 2 is 1.84 bits per heavy atom. The van der Waals surface area contributed by atoms with Crippen LogP contribution in [0.4, 0.5) is 0 Å². The van der Waals surface area contributed by atoms with Gasteiger partial charge in [0.2, 0.25) is 0 Å². The largest absolute Gasteiger partial charge is 0.0921 e. The lowest BCUT2D eigenvalue weighted by molar-refractivity contribution is 0.769. The van der Waals surface area contributed by atoms with Crippen molar-refractivity contribution >= 4 is 39.1 Å². The van der Waals surface area contributed by atoms with E-state index in [-0.39, 0.29) is 0 Å². The third-order valence-electron chi connectivity index (χ3n) is 3.29. The molecule has 0 N–H and O–H groups in total. The van der Waals surface area contributed by atoms with E-state index in [4.69, 9.17) is 23.2 Å². The first-order valence-electron chi connectivity index (χ1n) is 6.17. The van der Waals surface area contributed by atoms with Crippen LogP contribution in [-0.2, 0) is 6.42 Å². The van der Waals surface area contributed by atoms with Crippen molar-refractivity contribution in [1.82, 2.24) is 0 Å². The van der Waals surface area contributed by atoms with Crippen LogP contribution in [-0.4, -0.2) is 5.33 Å². The number of hydrogen-bond donors (Lipinski definition) is 0. The second-order valence-corrected chi connectivity index (χ2v) is 6.14. The van der Waals surface area contributed by atoms with Gasteiger partial charge in [0.05, 0.1) is 0 Å². The maximum Gasteiger partial charge on any atom is 0.0439 e. The Balaban J connectivity index is 2.29. The van der Waals surface area contributed by atoms with Crippen LogP contribution < -0.4 is 0 Å². The van der Waals surface area contributed by atoms with Crippen LogP contribution >= 0.6 is 39.1 Å². The van der Waals surface area contributed by atoms with E-state index in [9.17, 15) is 0 Å². The molecule has 0 spiro atoms. The highest BCUT2D eigenvalue weighted by Gasteiger charge is 2.15. The summed E-state index contributed by atoms with van der Waals surface area (Å²) in [5.41, 5.74) is 3.77. The van der Waals surface area contributed by atoms with Gasteiger partial charge in [-0.05, 0) is 54.2 Å². The van der Waals surface area contributed by atoms with Gasteiger partial charge in [0, 0.05) is 15.4 Å². The fraction of sp³-hybridized carbons (Fsp3) is 0.250. The summed E-state index contributed by atoms with van der Waals surface area (Å²) in [4.78, 5) is 0. The summed E-state index contributed by atoms with van der Waals surface area (Å²) >= 11 is 15.9. The molecule has 2 rings (SSSR count). The molecule has 3 heteroatoms. The van der Waals surface area contributed by atoms with E-state index in [1.165, 1.54) is 11.1 Å². The standard InChI is InChI=1S/C16H15BrCl2/c1-11-4-2-3-5-15(11)13(10-17)8-12-9-14(18)6-7-16(12)19/h2-7,9,13H,8,10H2,1H3. The Bertz CT molecular complexity index is 566. The van der Waals surface area contributed by atoms with Gasteiger partial charge < -0.3 is 0 Å². The molecule has 100 valence electrons. The van der Waals surface area contributed by atoms with Gasteiger partial charge >= 0.3 is 0 Å². The fourth-order valence-electron chi connectivity index (χ4n) is 2.26. The summed E-state index contributed by atoms with van der Waals surface area (Å²) in [5, 5.41) is 2.42. The quantitative estimate of drug-likeness (QED) is 0.586. The van der Waals surface area contributed by atoms with Crippen LogP contribution in [0.2, 0.25) is 10.0 Å². The van der Waals surface area contributed by atoms with Crippen molar-refractivity contribution in [2.24, 2.45) is 0 Å². The zero-order valence-corrected chi connectivity index (χ0v) is 13.8. The predicted molar refractivity (Wildman–Crippen MR) is 87.9 cm³/mol.